The first-order chi connectivity index (χ1) is 25.1. The molecule has 1 saturated carbocycles. The van der Waals surface area contributed by atoms with Gasteiger partial charge in [-0.2, -0.15) is 18.2 Å². The molecule has 4 amide bonds. The first kappa shape index (κ1) is 36.2. The number of alkyl halides is 3. The van der Waals surface area contributed by atoms with Crippen LogP contribution >= 0.6 is 23.2 Å². The van der Waals surface area contributed by atoms with Crippen LogP contribution in [0.5, 0.6) is 11.5 Å². The van der Waals surface area contributed by atoms with E-state index in [2.05, 4.69) is 10.4 Å². The average molecular weight is 774 g/mol. The molecule has 12 nitrogen and oxygen atoms in total. The third-order valence-electron chi connectivity index (χ3n) is 10.7. The highest BCUT2D eigenvalue weighted by Crippen LogP contribution is 2.66. The molecule has 0 spiro atoms. The molecule has 3 N–H and O–H groups in total. The fourth-order valence-electron chi connectivity index (χ4n) is 8.59. The summed E-state index contributed by atoms with van der Waals surface area (Å²) in [6.45, 7) is -0.354. The smallest absolute Gasteiger partial charge is 0.417 e. The number of hydrazine groups is 1. The predicted octanol–water partition coefficient (Wildman–Crippen LogP) is 5.58. The Morgan fingerprint density at radius 2 is 1.77 bits per heavy atom. The molecule has 6 atom stereocenters. The minimum absolute atomic E-state index is 0.0353. The van der Waals surface area contributed by atoms with Crippen LogP contribution in [0.15, 0.2) is 66.4 Å². The first-order valence-electron chi connectivity index (χ1n) is 16.4. The van der Waals surface area contributed by atoms with Gasteiger partial charge >= 0.3 is 12.1 Å². The molecule has 0 bridgehead atoms. The number of aliphatic carboxylic acids is 1. The van der Waals surface area contributed by atoms with Gasteiger partial charge in [0, 0.05) is 29.2 Å². The SMILES string of the molecule is COc1cccc(O)c1C1C2=CCC3C(=O)N(CCC(=O)O)C(=O)C3C2CC2C(=O)N(Nc3ncc(C(F)(F)F)cc3Cl)C(=O)C21c1ccc(Cl)cc1. The van der Waals surface area contributed by atoms with Crippen LogP contribution in [0.2, 0.25) is 10.0 Å². The number of carboxylic acids is 1. The number of halogens is 5. The van der Waals surface area contributed by atoms with Gasteiger partial charge in [-0.25, -0.2) is 4.98 Å². The monoisotopic (exact) mass is 772 g/mol. The van der Waals surface area contributed by atoms with E-state index in [1.165, 1.54) is 31.4 Å². The van der Waals surface area contributed by atoms with Crippen LogP contribution in [-0.4, -0.2) is 68.4 Å². The van der Waals surface area contributed by atoms with Gasteiger partial charge in [0.2, 0.25) is 11.8 Å². The standard InChI is InChI=1S/C36H29Cl2F3N4O8/c1-53-25-4-2-3-24(46)28(25)29-19-9-10-20-27(33(51)44(31(20)49)12-11-26(47)48)21(19)14-22-32(50)45(34(52)35(22,29)16-5-7-18(37)8-6-16)43-30-23(38)13-17(15-42-30)36(39,40)41/h2-9,13,15,20-22,27,29,46H,10-12,14H2,1H3,(H,42,43)(H,47,48). The van der Waals surface area contributed by atoms with Crippen LogP contribution in [0.3, 0.4) is 0 Å². The summed E-state index contributed by atoms with van der Waals surface area (Å²) in [4.78, 5) is 73.6. The van der Waals surface area contributed by atoms with Crippen LogP contribution < -0.4 is 10.2 Å². The molecule has 0 radical (unpaired) electrons. The quantitative estimate of drug-likeness (QED) is 0.194. The van der Waals surface area contributed by atoms with Gasteiger partial charge in [0.1, 0.15) is 11.5 Å². The molecule has 2 aromatic carbocycles. The van der Waals surface area contributed by atoms with Gasteiger partial charge in [0.05, 0.1) is 47.3 Å². The molecule has 7 rings (SSSR count). The highest BCUT2D eigenvalue weighted by molar-refractivity contribution is 6.33. The fourth-order valence-corrected chi connectivity index (χ4v) is 8.93. The summed E-state index contributed by atoms with van der Waals surface area (Å²) in [5.41, 5.74) is 0.340. The van der Waals surface area contributed by atoms with Gasteiger partial charge in [-0.15, -0.1) is 0 Å². The van der Waals surface area contributed by atoms with E-state index in [4.69, 9.17) is 27.9 Å². The number of hydrogen-bond donors (Lipinski definition) is 3. The van der Waals surface area contributed by atoms with E-state index in [1.807, 2.05) is 0 Å². The number of aromatic hydroxyl groups is 1. The molecule has 53 heavy (non-hydrogen) atoms. The van der Waals surface area contributed by atoms with Crippen molar-refractivity contribution in [2.75, 3.05) is 19.1 Å². The summed E-state index contributed by atoms with van der Waals surface area (Å²) in [6, 6.07) is 11.2. The minimum atomic E-state index is -4.78. The molecule has 1 aromatic heterocycles. The number of rotatable bonds is 8. The number of phenolic OH excluding ortho intramolecular Hbond substituents is 1. The fraction of sp³-hybridized carbons (Fsp3) is 0.333. The second kappa shape index (κ2) is 13.1. The molecule has 2 saturated heterocycles. The summed E-state index contributed by atoms with van der Waals surface area (Å²) < 4.78 is 46.0. The van der Waals surface area contributed by atoms with E-state index < -0.39 is 93.6 Å². The zero-order valence-electron chi connectivity index (χ0n) is 27.6. The topological polar surface area (TPSA) is 166 Å². The number of allylic oxidation sites excluding steroid dienone is 2. The van der Waals surface area contributed by atoms with Crippen molar-refractivity contribution in [2.45, 2.75) is 36.8 Å². The van der Waals surface area contributed by atoms with Crippen LogP contribution in [0, 0.1) is 23.7 Å². The highest BCUT2D eigenvalue weighted by atomic mass is 35.5. The number of carbonyl (C=O) groups excluding carboxylic acids is 4. The Labute approximate surface area is 309 Å². The molecule has 2 aliphatic heterocycles. The van der Waals surface area contributed by atoms with Gasteiger partial charge in [-0.05, 0) is 54.7 Å². The number of aromatic nitrogens is 1. The number of carboxylic acid groups (broad SMARTS) is 1. The number of nitrogens with one attached hydrogen (secondary N) is 1. The predicted molar refractivity (Wildman–Crippen MR) is 181 cm³/mol. The molecule has 3 fully saturated rings. The normalized spacial score (nSPS) is 26.6. The molecule has 17 heteroatoms. The number of imide groups is 2. The third-order valence-corrected chi connectivity index (χ3v) is 11.3. The number of ether oxygens (including phenoxy) is 1. The number of fused-ring (bicyclic) bond motifs is 4. The number of benzene rings is 2. The number of methoxy groups -OCH3 is 1. The van der Waals surface area contributed by atoms with Gasteiger partial charge in [-0.1, -0.05) is 53.1 Å². The highest BCUT2D eigenvalue weighted by Gasteiger charge is 2.71. The summed E-state index contributed by atoms with van der Waals surface area (Å²) in [5.74, 6) is -9.99. The second-order valence-corrected chi connectivity index (χ2v) is 14.1. The summed E-state index contributed by atoms with van der Waals surface area (Å²) in [6.07, 6.45) is -3.16. The van der Waals surface area contributed by atoms with E-state index in [0.717, 1.165) is 4.90 Å². The van der Waals surface area contributed by atoms with Crippen LogP contribution in [0.25, 0.3) is 0 Å². The van der Waals surface area contributed by atoms with E-state index in [1.54, 1.807) is 24.3 Å². The van der Waals surface area contributed by atoms with Crippen molar-refractivity contribution in [1.29, 1.82) is 0 Å². The lowest BCUT2D eigenvalue weighted by Gasteiger charge is -2.50. The van der Waals surface area contributed by atoms with Crippen molar-refractivity contribution in [2.24, 2.45) is 23.7 Å². The van der Waals surface area contributed by atoms with Crippen molar-refractivity contribution in [3.8, 4) is 11.5 Å². The van der Waals surface area contributed by atoms with Crippen molar-refractivity contribution >= 4 is 58.6 Å². The molecule has 2 aliphatic carbocycles. The number of hydrogen-bond acceptors (Lipinski definition) is 9. The molecule has 3 heterocycles. The van der Waals surface area contributed by atoms with Crippen molar-refractivity contribution < 1.29 is 52.1 Å². The molecule has 4 aliphatic rings. The second-order valence-electron chi connectivity index (χ2n) is 13.3. The Bertz CT molecular complexity index is 2110. The summed E-state index contributed by atoms with van der Waals surface area (Å²) in [5, 5.41) is 21.2. The zero-order chi connectivity index (χ0) is 38.1. The molecule has 6 unspecified atom stereocenters. The zero-order valence-corrected chi connectivity index (χ0v) is 29.1. The van der Waals surface area contributed by atoms with E-state index in [0.29, 0.717) is 27.9 Å². The molecule has 3 aromatic rings. The number of nitrogens with zero attached hydrogens (tertiary/aromatic N) is 3. The number of anilines is 1. The maximum atomic E-state index is 15.2. The number of phenols is 1. The number of pyridine rings is 1. The van der Waals surface area contributed by atoms with E-state index in [9.17, 15) is 42.6 Å². The Hall–Kier alpha value is -5.15. The lowest BCUT2D eigenvalue weighted by atomic mass is 9.49. The Balaban J connectivity index is 1.44. The Morgan fingerprint density at radius 1 is 1.06 bits per heavy atom. The van der Waals surface area contributed by atoms with E-state index >= 15 is 4.79 Å². The number of likely N-dealkylation sites (tertiary alicyclic amines) is 1. The third kappa shape index (κ3) is 5.59. The maximum absolute atomic E-state index is 15.2. The maximum Gasteiger partial charge on any atom is 0.417 e. The number of amides is 4. The van der Waals surface area contributed by atoms with Crippen molar-refractivity contribution in [1.82, 2.24) is 14.9 Å². The van der Waals surface area contributed by atoms with Gasteiger partial charge in [0.15, 0.2) is 5.82 Å². The largest absolute Gasteiger partial charge is 0.508 e. The van der Waals surface area contributed by atoms with Gasteiger partial charge in [-0.3, -0.25) is 34.3 Å². The van der Waals surface area contributed by atoms with E-state index in [-0.39, 0.29) is 42.0 Å². The van der Waals surface area contributed by atoms with Gasteiger partial charge in [0.25, 0.3) is 11.8 Å². The molecular formula is C36H29Cl2F3N4O8. The van der Waals surface area contributed by atoms with Crippen molar-refractivity contribution in [3.05, 3.63) is 93.1 Å². The van der Waals surface area contributed by atoms with Crippen molar-refractivity contribution in [3.63, 3.8) is 0 Å². The van der Waals surface area contributed by atoms with Gasteiger partial charge < -0.3 is 14.9 Å². The Morgan fingerprint density at radius 3 is 2.42 bits per heavy atom. The summed E-state index contributed by atoms with van der Waals surface area (Å²) >= 11 is 12.5. The Kier molecular flexibility index (Phi) is 8.92. The average Bonchev–Trinajstić information content (AvgIpc) is 3.48. The molecule has 276 valence electrons. The molecular weight excluding hydrogens is 744 g/mol. The lowest BCUT2D eigenvalue weighted by Crippen LogP contribution is -2.53. The van der Waals surface area contributed by atoms with Crippen LogP contribution in [-0.2, 0) is 35.6 Å². The number of carbonyl (C=O) groups is 5. The summed E-state index contributed by atoms with van der Waals surface area (Å²) in [7, 11) is 1.35. The lowest BCUT2D eigenvalue weighted by molar-refractivity contribution is -0.143. The minimum Gasteiger partial charge on any atom is -0.508 e. The van der Waals surface area contributed by atoms with Crippen LogP contribution in [0.1, 0.15) is 41.9 Å². The van der Waals surface area contributed by atoms with Crippen LogP contribution in [0.4, 0.5) is 19.0 Å². The first-order valence-corrected chi connectivity index (χ1v) is 17.1.